The second-order valence-corrected chi connectivity index (χ2v) is 5.13. The molecule has 1 saturated carbocycles. The van der Waals surface area contributed by atoms with Crippen molar-refractivity contribution in [3.05, 3.63) is 36.7 Å². The van der Waals surface area contributed by atoms with Gasteiger partial charge in [0, 0.05) is 34.9 Å². The summed E-state index contributed by atoms with van der Waals surface area (Å²) in [5, 5.41) is 6.10. The van der Waals surface area contributed by atoms with Crippen LogP contribution in [0, 0.1) is 5.92 Å². The zero-order valence-corrected chi connectivity index (χ0v) is 10.2. The van der Waals surface area contributed by atoms with Crippen LogP contribution in [0.4, 0.5) is 5.69 Å². The number of benzene rings is 1. The molecule has 1 aromatic carbocycles. The van der Waals surface area contributed by atoms with Crippen LogP contribution < -0.4 is 5.32 Å². The number of rotatable bonds is 4. The Kier molecular flexibility index (Phi) is 2.71. The largest absolute Gasteiger partial charge is 0.382 e. The van der Waals surface area contributed by atoms with E-state index in [0.29, 0.717) is 6.04 Å². The molecule has 1 heterocycles. The first-order valence-corrected chi connectivity index (χ1v) is 6.42. The normalized spacial score (nSPS) is 17.0. The maximum absolute atomic E-state index is 4.16. The van der Waals surface area contributed by atoms with Gasteiger partial charge in [-0.1, -0.05) is 25.0 Å². The molecule has 2 aromatic rings. The monoisotopic (exact) mass is 226 g/mol. The van der Waals surface area contributed by atoms with Crippen molar-refractivity contribution in [3.63, 3.8) is 0 Å². The summed E-state index contributed by atoms with van der Waals surface area (Å²) < 4.78 is 0. The van der Waals surface area contributed by atoms with Crippen LogP contribution in [0.1, 0.15) is 26.2 Å². The van der Waals surface area contributed by atoms with Gasteiger partial charge in [0.05, 0.1) is 0 Å². The van der Waals surface area contributed by atoms with Crippen LogP contribution in [0.25, 0.3) is 10.8 Å². The maximum Gasteiger partial charge on any atom is 0.0423 e. The Morgan fingerprint density at radius 1 is 1.35 bits per heavy atom. The first-order chi connectivity index (χ1) is 8.33. The number of anilines is 1. The Hall–Kier alpha value is -1.57. The lowest BCUT2D eigenvalue weighted by atomic mass is 10.1. The molecule has 0 radical (unpaired) electrons. The van der Waals surface area contributed by atoms with Gasteiger partial charge in [-0.25, -0.2) is 0 Å². The van der Waals surface area contributed by atoms with Crippen LogP contribution in [0.2, 0.25) is 0 Å². The van der Waals surface area contributed by atoms with Crippen molar-refractivity contribution < 1.29 is 0 Å². The fourth-order valence-corrected chi connectivity index (χ4v) is 2.43. The summed E-state index contributed by atoms with van der Waals surface area (Å²) in [6.07, 6.45) is 7.92. The summed E-state index contributed by atoms with van der Waals surface area (Å²) >= 11 is 0. The van der Waals surface area contributed by atoms with E-state index >= 15 is 0 Å². The first-order valence-electron chi connectivity index (χ1n) is 6.42. The van der Waals surface area contributed by atoms with Gasteiger partial charge >= 0.3 is 0 Å². The second-order valence-electron chi connectivity index (χ2n) is 5.13. The van der Waals surface area contributed by atoms with E-state index in [4.69, 9.17) is 0 Å². The van der Waals surface area contributed by atoms with Crippen LogP contribution in [0.3, 0.4) is 0 Å². The van der Waals surface area contributed by atoms with Crippen molar-refractivity contribution >= 4 is 16.5 Å². The number of hydrogen-bond donors (Lipinski definition) is 1. The molecule has 1 aliphatic carbocycles. The molecule has 88 valence electrons. The van der Waals surface area contributed by atoms with E-state index in [2.05, 4.69) is 41.5 Å². The van der Waals surface area contributed by atoms with E-state index in [0.717, 1.165) is 5.92 Å². The van der Waals surface area contributed by atoms with Crippen molar-refractivity contribution in [2.45, 2.75) is 32.2 Å². The third kappa shape index (κ3) is 2.41. The molecule has 0 aliphatic heterocycles. The molecule has 2 nitrogen and oxygen atoms in total. The zero-order valence-electron chi connectivity index (χ0n) is 10.2. The summed E-state index contributed by atoms with van der Waals surface area (Å²) in [4.78, 5) is 4.16. The highest BCUT2D eigenvalue weighted by atomic mass is 14.9. The molecule has 1 unspecified atom stereocenters. The highest BCUT2D eigenvalue weighted by molar-refractivity contribution is 5.93. The maximum atomic E-state index is 4.16. The number of aromatic nitrogens is 1. The summed E-state index contributed by atoms with van der Waals surface area (Å²) in [7, 11) is 0. The van der Waals surface area contributed by atoms with Gasteiger partial charge in [0.2, 0.25) is 0 Å². The molecule has 2 heteroatoms. The fourth-order valence-electron chi connectivity index (χ4n) is 2.43. The van der Waals surface area contributed by atoms with Crippen LogP contribution in [0.5, 0.6) is 0 Å². The van der Waals surface area contributed by atoms with Gasteiger partial charge in [-0.15, -0.1) is 0 Å². The average Bonchev–Trinajstić information content (AvgIpc) is 3.13. The molecule has 1 aliphatic rings. The van der Waals surface area contributed by atoms with Crippen molar-refractivity contribution in [1.29, 1.82) is 0 Å². The third-order valence-corrected chi connectivity index (χ3v) is 3.47. The Morgan fingerprint density at radius 3 is 3.06 bits per heavy atom. The quantitative estimate of drug-likeness (QED) is 0.856. The van der Waals surface area contributed by atoms with E-state index < -0.39 is 0 Å². The van der Waals surface area contributed by atoms with Gasteiger partial charge in [0.15, 0.2) is 0 Å². The van der Waals surface area contributed by atoms with Crippen molar-refractivity contribution in [3.8, 4) is 0 Å². The van der Waals surface area contributed by atoms with Crippen molar-refractivity contribution in [1.82, 2.24) is 4.98 Å². The number of hydrogen-bond acceptors (Lipinski definition) is 2. The summed E-state index contributed by atoms with van der Waals surface area (Å²) in [5.74, 6) is 0.967. The second kappa shape index (κ2) is 4.36. The average molecular weight is 226 g/mol. The van der Waals surface area contributed by atoms with Crippen LogP contribution >= 0.6 is 0 Å². The molecule has 17 heavy (non-hydrogen) atoms. The predicted octanol–water partition coefficient (Wildman–Crippen LogP) is 3.84. The van der Waals surface area contributed by atoms with E-state index in [9.17, 15) is 0 Å². The van der Waals surface area contributed by atoms with Crippen molar-refractivity contribution in [2.75, 3.05) is 5.32 Å². The van der Waals surface area contributed by atoms with Crippen LogP contribution in [-0.2, 0) is 0 Å². The molecular formula is C15H18N2. The van der Waals surface area contributed by atoms with Crippen LogP contribution in [-0.4, -0.2) is 11.0 Å². The van der Waals surface area contributed by atoms with E-state index in [1.54, 1.807) is 0 Å². The minimum Gasteiger partial charge on any atom is -0.382 e. The first kappa shape index (κ1) is 10.6. The van der Waals surface area contributed by atoms with Gasteiger partial charge in [0.1, 0.15) is 0 Å². The predicted molar refractivity (Wildman–Crippen MR) is 72.2 cm³/mol. The molecule has 1 atom stereocenters. The molecule has 0 amide bonds. The number of nitrogens with one attached hydrogen (secondary N) is 1. The van der Waals surface area contributed by atoms with E-state index in [1.807, 2.05) is 12.4 Å². The Bertz CT molecular complexity index is 512. The molecule has 0 bridgehead atoms. The Labute approximate surface area is 102 Å². The molecule has 1 aromatic heterocycles. The zero-order chi connectivity index (χ0) is 11.7. The SMILES string of the molecule is CC(CC1CC1)Nc1cccc2cnccc12. The Balaban J connectivity index is 1.83. The molecule has 1 N–H and O–H groups in total. The molecule has 0 spiro atoms. The molecule has 1 fully saturated rings. The summed E-state index contributed by atoms with van der Waals surface area (Å²) in [5.41, 5.74) is 1.23. The van der Waals surface area contributed by atoms with E-state index in [1.165, 1.54) is 35.7 Å². The number of pyridine rings is 1. The van der Waals surface area contributed by atoms with E-state index in [-0.39, 0.29) is 0 Å². The third-order valence-electron chi connectivity index (χ3n) is 3.47. The number of nitrogens with zero attached hydrogens (tertiary/aromatic N) is 1. The minimum absolute atomic E-state index is 0.557. The summed E-state index contributed by atoms with van der Waals surface area (Å²) in [6.45, 7) is 2.28. The number of fused-ring (bicyclic) bond motifs is 1. The smallest absolute Gasteiger partial charge is 0.0423 e. The van der Waals surface area contributed by atoms with Gasteiger partial charge in [-0.2, -0.15) is 0 Å². The fraction of sp³-hybridized carbons (Fsp3) is 0.400. The van der Waals surface area contributed by atoms with Gasteiger partial charge in [-0.05, 0) is 31.4 Å². The van der Waals surface area contributed by atoms with Gasteiger partial charge < -0.3 is 5.32 Å². The van der Waals surface area contributed by atoms with Gasteiger partial charge in [0.25, 0.3) is 0 Å². The van der Waals surface area contributed by atoms with Crippen molar-refractivity contribution in [2.24, 2.45) is 5.92 Å². The summed E-state index contributed by atoms with van der Waals surface area (Å²) in [6, 6.07) is 9.00. The van der Waals surface area contributed by atoms with Gasteiger partial charge in [-0.3, -0.25) is 4.98 Å². The lowest BCUT2D eigenvalue weighted by molar-refractivity contribution is 0.643. The standard InChI is InChI=1S/C15H18N2/c1-11(9-12-5-6-12)17-15-4-2-3-13-10-16-8-7-14(13)15/h2-4,7-8,10-12,17H,5-6,9H2,1H3. The Morgan fingerprint density at radius 2 is 2.24 bits per heavy atom. The van der Waals surface area contributed by atoms with Crippen LogP contribution in [0.15, 0.2) is 36.7 Å². The molecule has 0 saturated heterocycles. The highest BCUT2D eigenvalue weighted by Gasteiger charge is 2.23. The highest BCUT2D eigenvalue weighted by Crippen LogP contribution is 2.34. The lowest BCUT2D eigenvalue weighted by Gasteiger charge is -2.16. The molecule has 3 rings (SSSR count). The topological polar surface area (TPSA) is 24.9 Å². The molecular weight excluding hydrogens is 208 g/mol. The minimum atomic E-state index is 0.557. The lowest BCUT2D eigenvalue weighted by Crippen LogP contribution is -2.15.